The first-order chi connectivity index (χ1) is 7.18. The molecule has 1 unspecified atom stereocenters. The third-order valence-electron chi connectivity index (χ3n) is 2.60. The topological polar surface area (TPSA) is 25.4 Å². The highest BCUT2D eigenvalue weighted by atomic mass is 79.9. The Bertz CT molecular complexity index is 356. The highest BCUT2D eigenvalue weighted by Gasteiger charge is 2.21. The van der Waals surface area contributed by atoms with Gasteiger partial charge in [0.1, 0.15) is 5.82 Å². The molecular formula is C11H15BrN2O. The predicted octanol–water partition coefficient (Wildman–Crippen LogP) is 2.38. The molecule has 1 aliphatic rings. The maximum atomic E-state index is 5.41. The smallest absolute Gasteiger partial charge is 0.143 e. The predicted molar refractivity (Wildman–Crippen MR) is 64.3 cm³/mol. The van der Waals surface area contributed by atoms with Crippen molar-refractivity contribution in [3.63, 3.8) is 0 Å². The van der Waals surface area contributed by atoms with Gasteiger partial charge in [-0.05, 0) is 41.4 Å². The van der Waals surface area contributed by atoms with Crippen LogP contribution in [0.1, 0.15) is 12.5 Å². The Morgan fingerprint density at radius 3 is 3.07 bits per heavy atom. The minimum Gasteiger partial charge on any atom is -0.377 e. The third-order valence-corrected chi connectivity index (χ3v) is 3.18. The van der Waals surface area contributed by atoms with E-state index in [1.54, 1.807) is 0 Å². The second-order valence-corrected chi connectivity index (χ2v) is 4.79. The molecule has 0 aromatic carbocycles. The van der Waals surface area contributed by atoms with Crippen molar-refractivity contribution in [3.8, 4) is 0 Å². The summed E-state index contributed by atoms with van der Waals surface area (Å²) >= 11 is 3.57. The number of pyridine rings is 1. The lowest BCUT2D eigenvalue weighted by Gasteiger charge is -2.34. The van der Waals surface area contributed by atoms with Crippen LogP contribution in [0, 0.1) is 6.92 Å². The van der Waals surface area contributed by atoms with E-state index in [0.717, 1.165) is 30.0 Å². The van der Waals surface area contributed by atoms with Crippen molar-refractivity contribution >= 4 is 21.7 Å². The van der Waals surface area contributed by atoms with E-state index in [-0.39, 0.29) is 0 Å². The molecule has 15 heavy (non-hydrogen) atoms. The lowest BCUT2D eigenvalue weighted by molar-refractivity contribution is 0.0984. The summed E-state index contributed by atoms with van der Waals surface area (Å²) in [5.74, 6) is 1.02. The molecule has 1 aromatic heterocycles. The van der Waals surface area contributed by atoms with Crippen molar-refractivity contribution in [2.75, 3.05) is 24.7 Å². The summed E-state index contributed by atoms with van der Waals surface area (Å²) in [6, 6.07) is 2.50. The first-order valence-corrected chi connectivity index (χ1v) is 5.94. The lowest BCUT2D eigenvalue weighted by atomic mass is 10.2. The highest BCUT2D eigenvalue weighted by molar-refractivity contribution is 9.10. The van der Waals surface area contributed by atoms with Gasteiger partial charge >= 0.3 is 0 Å². The molecule has 0 radical (unpaired) electrons. The van der Waals surface area contributed by atoms with Gasteiger partial charge in [-0.15, -0.1) is 0 Å². The third kappa shape index (κ3) is 2.32. The van der Waals surface area contributed by atoms with Gasteiger partial charge in [-0.3, -0.25) is 0 Å². The average molecular weight is 271 g/mol. The van der Waals surface area contributed by atoms with Crippen LogP contribution in [0.5, 0.6) is 0 Å². The van der Waals surface area contributed by atoms with Crippen LogP contribution in [0.25, 0.3) is 0 Å². The summed E-state index contributed by atoms with van der Waals surface area (Å²) in [5.41, 5.74) is 1.17. The lowest BCUT2D eigenvalue weighted by Crippen LogP contribution is -2.44. The van der Waals surface area contributed by atoms with Crippen LogP contribution < -0.4 is 4.90 Å². The Balaban J connectivity index is 2.27. The monoisotopic (exact) mass is 270 g/mol. The van der Waals surface area contributed by atoms with Gasteiger partial charge in [-0.2, -0.15) is 0 Å². The number of rotatable bonds is 1. The van der Waals surface area contributed by atoms with Gasteiger partial charge in [0.05, 0.1) is 23.7 Å². The number of morpholine rings is 1. The zero-order valence-electron chi connectivity index (χ0n) is 9.03. The van der Waals surface area contributed by atoms with E-state index >= 15 is 0 Å². The molecule has 1 aliphatic heterocycles. The summed E-state index contributed by atoms with van der Waals surface area (Å²) < 4.78 is 6.48. The molecule has 4 heteroatoms. The van der Waals surface area contributed by atoms with Gasteiger partial charge in [-0.25, -0.2) is 4.98 Å². The molecule has 2 rings (SSSR count). The molecule has 0 saturated carbocycles. The van der Waals surface area contributed by atoms with Crippen LogP contribution in [-0.2, 0) is 4.74 Å². The van der Waals surface area contributed by atoms with Crippen LogP contribution in [0.2, 0.25) is 0 Å². The van der Waals surface area contributed by atoms with Crippen LogP contribution in [0.4, 0.5) is 5.82 Å². The van der Waals surface area contributed by atoms with E-state index < -0.39 is 0 Å². The van der Waals surface area contributed by atoms with Gasteiger partial charge in [0.15, 0.2) is 0 Å². The molecule has 0 aliphatic carbocycles. The van der Waals surface area contributed by atoms with Crippen molar-refractivity contribution in [3.05, 3.63) is 22.3 Å². The number of aromatic nitrogens is 1. The number of anilines is 1. The summed E-state index contributed by atoms with van der Waals surface area (Å²) in [6.07, 6.45) is 1.91. The first kappa shape index (κ1) is 10.9. The summed E-state index contributed by atoms with van der Waals surface area (Å²) in [5, 5.41) is 0. The zero-order valence-corrected chi connectivity index (χ0v) is 10.6. The van der Waals surface area contributed by atoms with Crippen LogP contribution in [0.3, 0.4) is 0 Å². The summed E-state index contributed by atoms with van der Waals surface area (Å²) in [4.78, 5) is 6.76. The van der Waals surface area contributed by atoms with E-state index in [1.807, 2.05) is 13.1 Å². The summed E-state index contributed by atoms with van der Waals surface area (Å²) in [6.45, 7) is 6.68. The van der Waals surface area contributed by atoms with E-state index in [1.165, 1.54) is 5.56 Å². The molecule has 0 amide bonds. The van der Waals surface area contributed by atoms with Crippen molar-refractivity contribution in [2.45, 2.75) is 19.9 Å². The molecule has 1 atom stereocenters. The molecule has 0 bridgehead atoms. The van der Waals surface area contributed by atoms with Crippen LogP contribution in [-0.4, -0.2) is 30.8 Å². The first-order valence-electron chi connectivity index (χ1n) is 5.15. The normalized spacial score (nSPS) is 21.8. The molecule has 82 valence electrons. The zero-order chi connectivity index (χ0) is 10.8. The van der Waals surface area contributed by atoms with Crippen molar-refractivity contribution in [1.29, 1.82) is 0 Å². The fourth-order valence-electron chi connectivity index (χ4n) is 1.78. The van der Waals surface area contributed by atoms with E-state index in [2.05, 4.69) is 38.8 Å². The quantitative estimate of drug-likeness (QED) is 0.784. The standard InChI is InChI=1S/C11H15BrN2O/c1-8-5-10(12)11(13-6-8)14-3-4-15-7-9(14)2/h5-6,9H,3-4,7H2,1-2H3. The van der Waals surface area contributed by atoms with E-state index in [0.29, 0.717) is 6.04 Å². The largest absolute Gasteiger partial charge is 0.377 e. The van der Waals surface area contributed by atoms with Crippen molar-refractivity contribution in [2.24, 2.45) is 0 Å². The number of hydrogen-bond donors (Lipinski definition) is 0. The number of nitrogens with zero attached hydrogens (tertiary/aromatic N) is 2. The van der Waals surface area contributed by atoms with Gasteiger partial charge in [-0.1, -0.05) is 0 Å². The summed E-state index contributed by atoms with van der Waals surface area (Å²) in [7, 11) is 0. The van der Waals surface area contributed by atoms with Gasteiger partial charge in [0, 0.05) is 12.7 Å². The Morgan fingerprint density at radius 1 is 1.60 bits per heavy atom. The van der Waals surface area contributed by atoms with E-state index in [4.69, 9.17) is 4.74 Å². The molecule has 0 spiro atoms. The molecule has 1 saturated heterocycles. The molecule has 3 nitrogen and oxygen atoms in total. The van der Waals surface area contributed by atoms with Gasteiger partial charge in [0.2, 0.25) is 0 Å². The minimum atomic E-state index is 0.394. The Hall–Kier alpha value is -0.610. The van der Waals surface area contributed by atoms with Gasteiger partial charge in [0.25, 0.3) is 0 Å². The molecule has 2 heterocycles. The van der Waals surface area contributed by atoms with E-state index in [9.17, 15) is 0 Å². The number of hydrogen-bond acceptors (Lipinski definition) is 3. The molecule has 1 aromatic rings. The Kier molecular flexibility index (Phi) is 3.26. The van der Waals surface area contributed by atoms with Crippen molar-refractivity contribution in [1.82, 2.24) is 4.98 Å². The number of halogens is 1. The van der Waals surface area contributed by atoms with Gasteiger partial charge < -0.3 is 9.64 Å². The number of aryl methyl sites for hydroxylation is 1. The van der Waals surface area contributed by atoms with Crippen LogP contribution >= 0.6 is 15.9 Å². The molecule has 0 N–H and O–H groups in total. The second kappa shape index (κ2) is 4.49. The molecular weight excluding hydrogens is 256 g/mol. The van der Waals surface area contributed by atoms with Crippen LogP contribution in [0.15, 0.2) is 16.7 Å². The van der Waals surface area contributed by atoms with Crippen molar-refractivity contribution < 1.29 is 4.74 Å². The molecule has 1 fully saturated rings. The SMILES string of the molecule is Cc1cnc(N2CCOCC2C)c(Br)c1. The maximum absolute atomic E-state index is 5.41. The number of ether oxygens (including phenoxy) is 1. The highest BCUT2D eigenvalue weighted by Crippen LogP contribution is 2.26. The Morgan fingerprint density at radius 2 is 2.40 bits per heavy atom. The maximum Gasteiger partial charge on any atom is 0.143 e. The fraction of sp³-hybridized carbons (Fsp3) is 0.545. The average Bonchev–Trinajstić information content (AvgIpc) is 2.20. The fourth-order valence-corrected chi connectivity index (χ4v) is 2.47. The Labute approximate surface area is 98.6 Å². The second-order valence-electron chi connectivity index (χ2n) is 3.94. The minimum absolute atomic E-state index is 0.394.